The summed E-state index contributed by atoms with van der Waals surface area (Å²) in [6.07, 6.45) is 4.21. The zero-order valence-electron chi connectivity index (χ0n) is 10.8. The van der Waals surface area contributed by atoms with Gasteiger partial charge in [-0.25, -0.2) is 4.79 Å². The van der Waals surface area contributed by atoms with Crippen molar-refractivity contribution in [2.24, 2.45) is 5.41 Å². The normalized spacial score (nSPS) is 17.2. The Kier molecular flexibility index (Phi) is 4.66. The maximum Gasteiger partial charge on any atom is 0.319 e. The smallest absolute Gasteiger partial charge is 0.319 e. The lowest BCUT2D eigenvalue weighted by atomic mass is 9.87. The number of aliphatic hydroxyl groups excluding tert-OH is 1. The molecule has 2 rings (SSSR count). The third kappa shape index (κ3) is 3.85. The van der Waals surface area contributed by atoms with Gasteiger partial charge in [0.15, 0.2) is 0 Å². The highest BCUT2D eigenvalue weighted by atomic mass is 35.5. The zero-order chi connectivity index (χ0) is 13.7. The molecule has 1 aliphatic carbocycles. The molecular weight excluding hydrogens is 264 g/mol. The highest BCUT2D eigenvalue weighted by Gasteiger charge is 2.33. The first-order chi connectivity index (χ1) is 9.13. The van der Waals surface area contributed by atoms with E-state index in [4.69, 9.17) is 11.6 Å². The number of rotatable bonds is 4. The van der Waals surface area contributed by atoms with Crippen LogP contribution in [0.1, 0.15) is 25.7 Å². The lowest BCUT2D eigenvalue weighted by Gasteiger charge is -2.26. The van der Waals surface area contributed by atoms with Gasteiger partial charge in [-0.15, -0.1) is 0 Å². The maximum absolute atomic E-state index is 11.8. The first-order valence-corrected chi connectivity index (χ1v) is 6.93. The van der Waals surface area contributed by atoms with Crippen LogP contribution in [0.4, 0.5) is 10.5 Å². The van der Waals surface area contributed by atoms with Gasteiger partial charge >= 0.3 is 6.03 Å². The molecule has 0 spiro atoms. The topological polar surface area (TPSA) is 61.4 Å². The fourth-order valence-electron chi connectivity index (χ4n) is 2.49. The van der Waals surface area contributed by atoms with Crippen molar-refractivity contribution < 1.29 is 9.90 Å². The van der Waals surface area contributed by atoms with Crippen molar-refractivity contribution in [2.45, 2.75) is 25.7 Å². The highest BCUT2D eigenvalue weighted by Crippen LogP contribution is 2.36. The van der Waals surface area contributed by atoms with Crippen LogP contribution in [0.5, 0.6) is 0 Å². The van der Waals surface area contributed by atoms with E-state index >= 15 is 0 Å². The van der Waals surface area contributed by atoms with Crippen molar-refractivity contribution >= 4 is 23.3 Å². The molecule has 0 saturated heterocycles. The Morgan fingerprint density at radius 2 is 1.89 bits per heavy atom. The SMILES string of the molecule is O=C(NCC1(CO)CCCC1)Nc1ccc(Cl)cc1. The molecule has 19 heavy (non-hydrogen) atoms. The summed E-state index contributed by atoms with van der Waals surface area (Å²) in [7, 11) is 0. The molecule has 0 aliphatic heterocycles. The van der Waals surface area contributed by atoms with Crippen LogP contribution in [0.3, 0.4) is 0 Å². The third-order valence-corrected chi connectivity index (χ3v) is 3.98. The van der Waals surface area contributed by atoms with E-state index in [9.17, 15) is 9.90 Å². The largest absolute Gasteiger partial charge is 0.396 e. The van der Waals surface area contributed by atoms with E-state index in [-0.39, 0.29) is 18.1 Å². The number of urea groups is 1. The van der Waals surface area contributed by atoms with Gasteiger partial charge < -0.3 is 15.7 Å². The van der Waals surface area contributed by atoms with Crippen molar-refractivity contribution in [1.82, 2.24) is 5.32 Å². The third-order valence-electron chi connectivity index (χ3n) is 3.73. The van der Waals surface area contributed by atoms with Gasteiger partial charge in [0, 0.05) is 22.7 Å². The van der Waals surface area contributed by atoms with Crippen molar-refractivity contribution in [1.29, 1.82) is 0 Å². The molecule has 3 N–H and O–H groups in total. The molecule has 0 radical (unpaired) electrons. The molecule has 2 amide bonds. The molecule has 5 heteroatoms. The van der Waals surface area contributed by atoms with Gasteiger partial charge in [-0.2, -0.15) is 0 Å². The van der Waals surface area contributed by atoms with Gasteiger partial charge in [0.25, 0.3) is 0 Å². The monoisotopic (exact) mass is 282 g/mol. The number of carbonyl (C=O) groups is 1. The lowest BCUT2D eigenvalue weighted by molar-refractivity contribution is 0.130. The number of aliphatic hydroxyl groups is 1. The van der Waals surface area contributed by atoms with Crippen molar-refractivity contribution in [3.05, 3.63) is 29.3 Å². The van der Waals surface area contributed by atoms with Gasteiger partial charge in [-0.3, -0.25) is 0 Å². The second-order valence-corrected chi connectivity index (χ2v) is 5.62. The van der Waals surface area contributed by atoms with E-state index < -0.39 is 0 Å². The Morgan fingerprint density at radius 3 is 2.47 bits per heavy atom. The lowest BCUT2D eigenvalue weighted by Crippen LogP contribution is -2.40. The average molecular weight is 283 g/mol. The van der Waals surface area contributed by atoms with Crippen LogP contribution in [0.15, 0.2) is 24.3 Å². The predicted octanol–water partition coefficient (Wildman–Crippen LogP) is 3.01. The summed E-state index contributed by atoms with van der Waals surface area (Å²) in [6.45, 7) is 0.650. The summed E-state index contributed by atoms with van der Waals surface area (Å²) in [5, 5.41) is 15.7. The van der Waals surface area contributed by atoms with Crippen molar-refractivity contribution in [3.63, 3.8) is 0 Å². The van der Waals surface area contributed by atoms with Crippen LogP contribution < -0.4 is 10.6 Å². The number of nitrogens with one attached hydrogen (secondary N) is 2. The summed E-state index contributed by atoms with van der Waals surface area (Å²) in [5.74, 6) is 0. The molecule has 1 aliphatic rings. The van der Waals surface area contributed by atoms with Crippen LogP contribution in [-0.4, -0.2) is 24.3 Å². The minimum atomic E-state index is -0.248. The molecule has 1 fully saturated rings. The van der Waals surface area contributed by atoms with Crippen LogP contribution >= 0.6 is 11.6 Å². The molecule has 1 saturated carbocycles. The summed E-state index contributed by atoms with van der Waals surface area (Å²) in [6, 6.07) is 6.70. The summed E-state index contributed by atoms with van der Waals surface area (Å²) in [4.78, 5) is 11.8. The van der Waals surface area contributed by atoms with Gasteiger partial charge in [-0.05, 0) is 37.1 Å². The van der Waals surface area contributed by atoms with Crippen molar-refractivity contribution in [3.8, 4) is 0 Å². The molecule has 1 aromatic rings. The Hall–Kier alpha value is -1.26. The Morgan fingerprint density at radius 1 is 1.26 bits per heavy atom. The standard InChI is InChI=1S/C14H19ClN2O2/c15-11-3-5-12(6-4-11)17-13(19)16-9-14(10-18)7-1-2-8-14/h3-6,18H,1-2,7-10H2,(H2,16,17,19). The second kappa shape index (κ2) is 6.26. The van der Waals surface area contributed by atoms with Crippen LogP contribution in [0.25, 0.3) is 0 Å². The van der Waals surface area contributed by atoms with Crippen molar-refractivity contribution in [2.75, 3.05) is 18.5 Å². The number of hydrogen-bond donors (Lipinski definition) is 3. The van der Waals surface area contributed by atoms with E-state index in [0.717, 1.165) is 25.7 Å². The van der Waals surface area contributed by atoms with Gasteiger partial charge in [-0.1, -0.05) is 24.4 Å². The van der Waals surface area contributed by atoms with E-state index in [1.54, 1.807) is 24.3 Å². The number of benzene rings is 1. The van der Waals surface area contributed by atoms with E-state index in [1.807, 2.05) is 0 Å². The van der Waals surface area contributed by atoms with Crippen LogP contribution in [-0.2, 0) is 0 Å². The van der Waals surface area contributed by atoms with E-state index in [2.05, 4.69) is 10.6 Å². The molecular formula is C14H19ClN2O2. The minimum Gasteiger partial charge on any atom is -0.396 e. The highest BCUT2D eigenvalue weighted by molar-refractivity contribution is 6.30. The molecule has 0 bridgehead atoms. The zero-order valence-corrected chi connectivity index (χ0v) is 11.5. The summed E-state index contributed by atoms with van der Waals surface area (Å²) >= 11 is 5.78. The Balaban J connectivity index is 1.82. The Labute approximate surface area is 118 Å². The first-order valence-electron chi connectivity index (χ1n) is 6.55. The van der Waals surface area contributed by atoms with Gasteiger partial charge in [0.1, 0.15) is 0 Å². The molecule has 1 aromatic carbocycles. The minimum absolute atomic E-state index is 0.128. The number of halogens is 1. The van der Waals surface area contributed by atoms with E-state index in [1.165, 1.54) is 0 Å². The van der Waals surface area contributed by atoms with Gasteiger partial charge in [0.2, 0.25) is 0 Å². The number of anilines is 1. The fraction of sp³-hybridized carbons (Fsp3) is 0.500. The first kappa shape index (κ1) is 14.2. The predicted molar refractivity (Wildman–Crippen MR) is 76.5 cm³/mol. The van der Waals surface area contributed by atoms with Crippen LogP contribution in [0.2, 0.25) is 5.02 Å². The molecule has 0 aromatic heterocycles. The number of carbonyl (C=O) groups excluding carboxylic acids is 1. The van der Waals surface area contributed by atoms with Crippen LogP contribution in [0, 0.1) is 5.41 Å². The second-order valence-electron chi connectivity index (χ2n) is 5.18. The maximum atomic E-state index is 11.8. The Bertz CT molecular complexity index is 428. The number of amides is 2. The van der Waals surface area contributed by atoms with E-state index in [0.29, 0.717) is 17.3 Å². The average Bonchev–Trinajstić information content (AvgIpc) is 2.89. The van der Waals surface area contributed by atoms with Gasteiger partial charge in [0.05, 0.1) is 6.61 Å². The molecule has 104 valence electrons. The molecule has 0 atom stereocenters. The number of hydrogen-bond acceptors (Lipinski definition) is 2. The summed E-state index contributed by atoms with van der Waals surface area (Å²) in [5.41, 5.74) is 0.573. The molecule has 0 heterocycles. The molecule has 0 unspecified atom stereocenters. The quantitative estimate of drug-likeness (QED) is 0.795. The fourth-order valence-corrected chi connectivity index (χ4v) is 2.62. The summed E-state index contributed by atoms with van der Waals surface area (Å²) < 4.78 is 0. The molecule has 4 nitrogen and oxygen atoms in total.